The van der Waals surface area contributed by atoms with Crippen LogP contribution in [-0.4, -0.2) is 0 Å². The molecule has 0 amide bonds. The van der Waals surface area contributed by atoms with E-state index in [0.717, 1.165) is 0 Å². The highest BCUT2D eigenvalue weighted by Crippen LogP contribution is 2.30. The Balaban J connectivity index is 3.63. The lowest BCUT2D eigenvalue weighted by molar-refractivity contribution is 0.392. The summed E-state index contributed by atoms with van der Waals surface area (Å²) in [5.41, 5.74) is -0.200. The fourth-order valence-electron chi connectivity index (χ4n) is 1.23. The monoisotopic (exact) mass is 172 g/mol. The Morgan fingerprint density at radius 3 is 2.17 bits per heavy atom. The van der Waals surface area contributed by atoms with Crippen molar-refractivity contribution in [3.05, 3.63) is 22.6 Å². The van der Waals surface area contributed by atoms with E-state index in [1.54, 1.807) is 6.92 Å². The second kappa shape index (κ2) is 2.65. The van der Waals surface area contributed by atoms with Crippen molar-refractivity contribution in [1.82, 2.24) is 0 Å². The summed E-state index contributed by atoms with van der Waals surface area (Å²) in [6.07, 6.45) is 0. The van der Waals surface area contributed by atoms with E-state index < -0.39 is 24.9 Å². The highest BCUT2D eigenvalue weighted by atomic mass is 16.3. The highest BCUT2D eigenvalue weighted by molar-refractivity contribution is 5.33. The average molecular weight is 172 g/mol. The number of hydrogen-bond acceptors (Lipinski definition) is 1. The van der Waals surface area contributed by atoms with Crippen molar-refractivity contribution >= 4 is 0 Å². The zero-order valence-electron chi connectivity index (χ0n) is 13.9. The normalized spacial score (nSPS) is 21.7. The molecular formula is C11H18O. The Labute approximate surface area is 83.2 Å². The molecule has 1 aromatic heterocycles. The summed E-state index contributed by atoms with van der Waals surface area (Å²) in [5, 5.41) is 0. The fourth-order valence-corrected chi connectivity index (χ4v) is 1.23. The van der Waals surface area contributed by atoms with Gasteiger partial charge in [0, 0.05) is 13.6 Å². The van der Waals surface area contributed by atoms with Crippen molar-refractivity contribution in [2.75, 3.05) is 0 Å². The molecule has 0 unspecified atom stereocenters. The third kappa shape index (κ3) is 1.40. The number of hydrogen-bond donors (Lipinski definition) is 0. The van der Waals surface area contributed by atoms with Gasteiger partial charge in [-0.1, -0.05) is 20.8 Å². The summed E-state index contributed by atoms with van der Waals surface area (Å²) in [6, 6.07) is 0. The molecule has 1 heteroatoms. The lowest BCUT2D eigenvalue weighted by Crippen LogP contribution is -2.11. The van der Waals surface area contributed by atoms with Gasteiger partial charge in [-0.2, -0.15) is 0 Å². The summed E-state index contributed by atoms with van der Waals surface area (Å²) in [6.45, 7) is 2.11. The van der Waals surface area contributed by atoms with Crippen LogP contribution in [0.15, 0.2) is 4.42 Å². The minimum Gasteiger partial charge on any atom is -0.465 e. The highest BCUT2D eigenvalue weighted by Gasteiger charge is 2.22. The Bertz CT molecular complexity index is 444. The predicted molar refractivity (Wildman–Crippen MR) is 51.6 cm³/mol. The molecule has 0 spiro atoms. The maximum absolute atomic E-state index is 7.48. The molecule has 1 aromatic rings. The van der Waals surface area contributed by atoms with Crippen LogP contribution >= 0.6 is 0 Å². The fraction of sp³-hybridized carbons (Fsp3) is 0.636. The summed E-state index contributed by atoms with van der Waals surface area (Å²) < 4.78 is 50.0. The maximum atomic E-state index is 7.48. The molecule has 1 heterocycles. The molecule has 0 atom stereocenters. The van der Waals surface area contributed by atoms with Gasteiger partial charge in [0.2, 0.25) is 0 Å². The van der Waals surface area contributed by atoms with E-state index in [1.165, 1.54) is 0 Å². The second-order valence-corrected chi connectivity index (χ2v) is 4.01. The molecule has 0 aliphatic carbocycles. The molecule has 0 aliphatic heterocycles. The molecule has 0 aliphatic rings. The van der Waals surface area contributed by atoms with Gasteiger partial charge in [0.1, 0.15) is 11.5 Å². The van der Waals surface area contributed by atoms with Gasteiger partial charge in [0.15, 0.2) is 0 Å². The second-order valence-electron chi connectivity index (χ2n) is 4.01. The summed E-state index contributed by atoms with van der Waals surface area (Å²) in [7, 11) is 0. The smallest absolute Gasteiger partial charge is 0.112 e. The minimum atomic E-state index is -2.56. The lowest BCUT2D eigenvalue weighted by Gasteiger charge is -2.16. The van der Waals surface area contributed by atoms with E-state index in [-0.39, 0.29) is 5.56 Å². The van der Waals surface area contributed by atoms with Gasteiger partial charge in [-0.3, -0.25) is 0 Å². The van der Waals surface area contributed by atoms with Crippen LogP contribution < -0.4 is 0 Å². The first kappa shape index (κ1) is 3.99. The van der Waals surface area contributed by atoms with E-state index in [4.69, 9.17) is 12.6 Å². The lowest BCUT2D eigenvalue weighted by atomic mass is 9.90. The van der Waals surface area contributed by atoms with Gasteiger partial charge in [0.25, 0.3) is 0 Å². The van der Waals surface area contributed by atoms with E-state index in [1.807, 2.05) is 20.8 Å². The quantitative estimate of drug-likeness (QED) is 0.583. The SMILES string of the molecule is [2H]C([2H])([2H])c1oc(C(C)(C)C)c(C)c1C([2H])([2H])[2H]. The third-order valence-electron chi connectivity index (χ3n) is 1.83. The molecule has 0 aromatic carbocycles. The molecule has 0 fully saturated rings. The van der Waals surface area contributed by atoms with E-state index in [9.17, 15) is 0 Å². The van der Waals surface area contributed by atoms with Crippen molar-refractivity contribution in [2.24, 2.45) is 0 Å². The van der Waals surface area contributed by atoms with E-state index >= 15 is 0 Å². The first-order valence-electron chi connectivity index (χ1n) is 6.91. The third-order valence-corrected chi connectivity index (χ3v) is 1.83. The molecule has 0 saturated carbocycles. The van der Waals surface area contributed by atoms with Crippen LogP contribution in [0.1, 0.15) is 51.6 Å². The van der Waals surface area contributed by atoms with Crippen LogP contribution in [0, 0.1) is 20.6 Å². The van der Waals surface area contributed by atoms with Crippen LogP contribution in [0.3, 0.4) is 0 Å². The zero-order valence-corrected chi connectivity index (χ0v) is 7.91. The van der Waals surface area contributed by atoms with Crippen LogP contribution in [-0.2, 0) is 5.41 Å². The Kier molecular flexibility index (Phi) is 0.881. The standard InChI is InChI=1S/C11H18O/c1-7-8(2)10(11(4,5)6)12-9(7)3/h1-6H3/i1D3,3D3. The van der Waals surface area contributed by atoms with Crippen molar-refractivity contribution in [2.45, 2.75) is 46.8 Å². The van der Waals surface area contributed by atoms with Crippen LogP contribution in [0.25, 0.3) is 0 Å². The Morgan fingerprint density at radius 1 is 1.17 bits per heavy atom. The van der Waals surface area contributed by atoms with Gasteiger partial charge in [-0.25, -0.2) is 0 Å². The molecule has 68 valence electrons. The number of furan rings is 1. The molecule has 0 radical (unpaired) electrons. The molecule has 0 saturated heterocycles. The molecular weight excluding hydrogens is 148 g/mol. The first-order chi connectivity index (χ1) is 7.76. The van der Waals surface area contributed by atoms with E-state index in [2.05, 4.69) is 0 Å². The summed E-state index contributed by atoms with van der Waals surface area (Å²) in [5.74, 6) is 0.00433. The minimum absolute atomic E-state index is 0.174. The Morgan fingerprint density at radius 2 is 1.83 bits per heavy atom. The van der Waals surface area contributed by atoms with Crippen molar-refractivity contribution in [3.63, 3.8) is 0 Å². The average Bonchev–Trinajstić information content (AvgIpc) is 2.39. The van der Waals surface area contributed by atoms with Crippen molar-refractivity contribution < 1.29 is 12.6 Å². The summed E-state index contributed by atoms with van der Waals surface area (Å²) >= 11 is 0. The maximum Gasteiger partial charge on any atom is 0.112 e. The zero-order chi connectivity index (χ0) is 14.5. The molecule has 0 bridgehead atoms. The van der Waals surface area contributed by atoms with Crippen LogP contribution in [0.2, 0.25) is 0 Å². The molecule has 1 rings (SSSR count). The van der Waals surface area contributed by atoms with Gasteiger partial charge >= 0.3 is 0 Å². The number of aryl methyl sites for hydroxylation is 1. The van der Waals surface area contributed by atoms with E-state index in [0.29, 0.717) is 11.3 Å². The Hall–Kier alpha value is -0.720. The van der Waals surface area contributed by atoms with Crippen molar-refractivity contribution in [1.29, 1.82) is 0 Å². The first-order valence-corrected chi connectivity index (χ1v) is 3.91. The molecule has 0 N–H and O–H groups in total. The van der Waals surface area contributed by atoms with Gasteiger partial charge in [-0.05, 0) is 31.8 Å². The summed E-state index contributed by atoms with van der Waals surface area (Å²) in [4.78, 5) is 0. The predicted octanol–water partition coefficient (Wildman–Crippen LogP) is 3.50. The van der Waals surface area contributed by atoms with Crippen LogP contribution in [0.5, 0.6) is 0 Å². The van der Waals surface area contributed by atoms with Gasteiger partial charge < -0.3 is 4.42 Å². The topological polar surface area (TPSA) is 13.1 Å². The van der Waals surface area contributed by atoms with Gasteiger partial charge in [-0.15, -0.1) is 0 Å². The molecule has 1 nitrogen and oxygen atoms in total. The molecule has 12 heavy (non-hydrogen) atoms. The van der Waals surface area contributed by atoms with Crippen molar-refractivity contribution in [3.8, 4) is 0 Å². The number of rotatable bonds is 0. The van der Waals surface area contributed by atoms with Gasteiger partial charge in [0.05, 0.1) is 0 Å². The largest absolute Gasteiger partial charge is 0.465 e. The van der Waals surface area contributed by atoms with Crippen LogP contribution in [0.4, 0.5) is 0 Å².